The Labute approximate surface area is 135 Å². The third-order valence-electron chi connectivity index (χ3n) is 4.47. The van der Waals surface area contributed by atoms with Gasteiger partial charge in [0.25, 0.3) is 0 Å². The first-order chi connectivity index (χ1) is 11.1. The maximum absolute atomic E-state index is 12.1. The van der Waals surface area contributed by atoms with Gasteiger partial charge in [-0.25, -0.2) is 4.79 Å². The Morgan fingerprint density at radius 2 is 2.00 bits per heavy atom. The summed E-state index contributed by atoms with van der Waals surface area (Å²) in [5.41, 5.74) is 1.30. The van der Waals surface area contributed by atoms with Gasteiger partial charge in [-0.15, -0.1) is 0 Å². The minimum Gasteiger partial charge on any atom is -0.496 e. The van der Waals surface area contributed by atoms with E-state index < -0.39 is 11.6 Å². The Hall–Kier alpha value is -2.33. The number of ether oxygens (including phenoxy) is 2. The highest BCUT2D eigenvalue weighted by atomic mass is 16.5. The molecule has 2 aromatic rings. The highest BCUT2D eigenvalue weighted by Gasteiger charge is 2.50. The summed E-state index contributed by atoms with van der Waals surface area (Å²) in [5.74, 6) is -0.371. The fourth-order valence-electron chi connectivity index (χ4n) is 3.24. The van der Waals surface area contributed by atoms with E-state index in [0.29, 0.717) is 24.3 Å². The molecule has 0 saturated carbocycles. The predicted octanol–water partition coefficient (Wildman–Crippen LogP) is 3.49. The molecule has 0 spiro atoms. The molecule has 1 aliphatic heterocycles. The van der Waals surface area contributed by atoms with Crippen molar-refractivity contribution in [3.63, 3.8) is 0 Å². The van der Waals surface area contributed by atoms with Gasteiger partial charge in [0.1, 0.15) is 5.75 Å². The van der Waals surface area contributed by atoms with Crippen LogP contribution < -0.4 is 4.74 Å². The summed E-state index contributed by atoms with van der Waals surface area (Å²) in [6.45, 7) is 2.32. The normalized spacial score (nSPS) is 23.7. The lowest BCUT2D eigenvalue weighted by atomic mass is 9.83. The smallest absolute Gasteiger partial charge is 0.340 e. The van der Waals surface area contributed by atoms with Crippen molar-refractivity contribution >= 4 is 5.97 Å². The molecule has 120 valence electrons. The molecule has 1 aliphatic rings. The molecule has 2 aromatic carbocycles. The van der Waals surface area contributed by atoms with E-state index in [9.17, 15) is 9.90 Å². The van der Waals surface area contributed by atoms with Crippen LogP contribution in [0.25, 0.3) is 0 Å². The molecule has 0 radical (unpaired) electrons. The van der Waals surface area contributed by atoms with Gasteiger partial charge in [-0.2, -0.15) is 0 Å². The summed E-state index contributed by atoms with van der Waals surface area (Å²) < 4.78 is 11.3. The van der Waals surface area contributed by atoms with Gasteiger partial charge in [0, 0.05) is 17.9 Å². The maximum atomic E-state index is 12.1. The average Bonchev–Trinajstić information content (AvgIpc) is 3.02. The topological polar surface area (TPSA) is 55.8 Å². The van der Waals surface area contributed by atoms with Crippen LogP contribution in [0.15, 0.2) is 48.5 Å². The number of hydrogen-bond acceptors (Lipinski definition) is 3. The zero-order valence-electron chi connectivity index (χ0n) is 13.3. The molecule has 4 heteroatoms. The lowest BCUT2D eigenvalue weighted by Crippen LogP contribution is -2.35. The Balaban J connectivity index is 2.03. The van der Waals surface area contributed by atoms with E-state index in [2.05, 4.69) is 0 Å². The molecule has 23 heavy (non-hydrogen) atoms. The first-order valence-electron chi connectivity index (χ1n) is 7.64. The quantitative estimate of drug-likeness (QED) is 0.939. The monoisotopic (exact) mass is 312 g/mol. The second-order valence-corrected chi connectivity index (χ2v) is 5.96. The number of aryl methyl sites for hydroxylation is 1. The fraction of sp³-hybridized carbons (Fsp3) is 0.316. The van der Waals surface area contributed by atoms with Crippen molar-refractivity contribution in [2.24, 2.45) is 0 Å². The lowest BCUT2D eigenvalue weighted by Gasteiger charge is -2.26. The van der Waals surface area contributed by atoms with Crippen LogP contribution in [0.5, 0.6) is 5.75 Å². The van der Waals surface area contributed by atoms with Crippen molar-refractivity contribution in [3.8, 4) is 5.75 Å². The first kappa shape index (κ1) is 15.6. The van der Waals surface area contributed by atoms with E-state index in [1.54, 1.807) is 13.2 Å². The SMILES string of the molecule is COc1ccc(C)cc1[C@@]1(C(=O)O)C[C@H](c2ccccc2)CO1. The average molecular weight is 312 g/mol. The van der Waals surface area contributed by atoms with Crippen LogP contribution in [-0.4, -0.2) is 24.8 Å². The molecule has 0 amide bonds. The largest absolute Gasteiger partial charge is 0.496 e. The number of carboxylic acid groups (broad SMARTS) is 1. The van der Waals surface area contributed by atoms with Gasteiger partial charge in [0.05, 0.1) is 13.7 Å². The first-order valence-corrected chi connectivity index (χ1v) is 7.64. The zero-order chi connectivity index (χ0) is 16.4. The standard InChI is InChI=1S/C19H20O4/c1-13-8-9-17(22-2)16(10-13)19(18(20)21)11-15(12-23-19)14-6-4-3-5-7-14/h3-10,15H,11-12H2,1-2H3,(H,20,21)/t15-,19+/m0/s1. The number of methoxy groups -OCH3 is 1. The van der Waals surface area contributed by atoms with Crippen LogP contribution in [-0.2, 0) is 15.1 Å². The number of rotatable bonds is 4. The highest BCUT2D eigenvalue weighted by molar-refractivity contribution is 5.81. The molecule has 1 saturated heterocycles. The van der Waals surface area contributed by atoms with Gasteiger partial charge in [0.15, 0.2) is 5.60 Å². The molecule has 3 rings (SSSR count). The molecule has 1 N–H and O–H groups in total. The van der Waals surface area contributed by atoms with Crippen molar-refractivity contribution in [3.05, 3.63) is 65.2 Å². The summed E-state index contributed by atoms with van der Waals surface area (Å²) in [4.78, 5) is 12.1. The molecule has 1 fully saturated rings. The number of carboxylic acids is 1. The summed E-state index contributed by atoms with van der Waals surface area (Å²) in [6, 6.07) is 15.5. The lowest BCUT2D eigenvalue weighted by molar-refractivity contribution is -0.161. The van der Waals surface area contributed by atoms with E-state index in [1.165, 1.54) is 0 Å². The van der Waals surface area contributed by atoms with Crippen LogP contribution in [0.4, 0.5) is 0 Å². The minimum absolute atomic E-state index is 0.0533. The van der Waals surface area contributed by atoms with Crippen LogP contribution in [0.1, 0.15) is 29.0 Å². The number of carbonyl (C=O) groups is 1. The predicted molar refractivity (Wildman–Crippen MR) is 86.8 cm³/mol. The fourth-order valence-corrected chi connectivity index (χ4v) is 3.24. The number of hydrogen-bond donors (Lipinski definition) is 1. The van der Waals surface area contributed by atoms with E-state index in [1.807, 2.05) is 49.4 Å². The molecule has 0 bridgehead atoms. The van der Waals surface area contributed by atoms with E-state index in [4.69, 9.17) is 9.47 Å². The summed E-state index contributed by atoms with van der Waals surface area (Å²) in [7, 11) is 1.55. The Kier molecular flexibility index (Phi) is 4.09. The molecular weight excluding hydrogens is 292 g/mol. The van der Waals surface area contributed by atoms with E-state index >= 15 is 0 Å². The van der Waals surface area contributed by atoms with Crippen LogP contribution in [0, 0.1) is 6.92 Å². The Morgan fingerprint density at radius 3 is 2.65 bits per heavy atom. The van der Waals surface area contributed by atoms with Gasteiger partial charge in [0.2, 0.25) is 0 Å². The van der Waals surface area contributed by atoms with Crippen LogP contribution in [0.2, 0.25) is 0 Å². The van der Waals surface area contributed by atoms with Gasteiger partial charge in [-0.05, 0) is 24.6 Å². The second kappa shape index (κ2) is 6.05. The molecule has 4 nitrogen and oxygen atoms in total. The summed E-state index contributed by atoms with van der Waals surface area (Å²) in [5, 5.41) is 9.91. The van der Waals surface area contributed by atoms with Crippen molar-refractivity contribution in [1.82, 2.24) is 0 Å². The molecule has 2 atom stereocenters. The minimum atomic E-state index is -1.36. The molecule has 0 unspecified atom stereocenters. The maximum Gasteiger partial charge on any atom is 0.340 e. The van der Waals surface area contributed by atoms with Crippen LogP contribution in [0.3, 0.4) is 0 Å². The van der Waals surface area contributed by atoms with Gasteiger partial charge < -0.3 is 14.6 Å². The van der Waals surface area contributed by atoms with Crippen LogP contribution >= 0.6 is 0 Å². The Morgan fingerprint density at radius 1 is 1.26 bits per heavy atom. The third-order valence-corrected chi connectivity index (χ3v) is 4.47. The summed E-state index contributed by atoms with van der Waals surface area (Å²) in [6.07, 6.45) is 0.395. The van der Waals surface area contributed by atoms with Crippen molar-refractivity contribution in [1.29, 1.82) is 0 Å². The molecule has 0 aliphatic carbocycles. The van der Waals surface area contributed by atoms with Crippen molar-refractivity contribution in [2.75, 3.05) is 13.7 Å². The van der Waals surface area contributed by atoms with Gasteiger partial charge in [-0.1, -0.05) is 42.0 Å². The second-order valence-electron chi connectivity index (χ2n) is 5.96. The molecule has 0 aromatic heterocycles. The third kappa shape index (κ3) is 2.70. The van der Waals surface area contributed by atoms with E-state index in [0.717, 1.165) is 11.1 Å². The van der Waals surface area contributed by atoms with Crippen molar-refractivity contribution in [2.45, 2.75) is 24.9 Å². The highest BCUT2D eigenvalue weighted by Crippen LogP contribution is 2.46. The van der Waals surface area contributed by atoms with Crippen molar-refractivity contribution < 1.29 is 19.4 Å². The summed E-state index contributed by atoms with van der Waals surface area (Å²) >= 11 is 0. The van der Waals surface area contributed by atoms with Gasteiger partial charge in [-0.3, -0.25) is 0 Å². The number of benzene rings is 2. The van der Waals surface area contributed by atoms with Gasteiger partial charge >= 0.3 is 5.97 Å². The molecule has 1 heterocycles. The zero-order valence-corrected chi connectivity index (χ0v) is 13.3. The Bertz CT molecular complexity index is 711. The van der Waals surface area contributed by atoms with E-state index in [-0.39, 0.29) is 5.92 Å². The molecular formula is C19H20O4. The number of aliphatic carboxylic acids is 1.